The number of ether oxygens (including phenoxy) is 1. The van der Waals surface area contributed by atoms with Crippen molar-refractivity contribution < 1.29 is 13.9 Å². The SMILES string of the molecule is CC12OC34CCCCC3(N)C(N)(CC1(N)c1ccco1)C2(N)C(=O)C4. The zero-order valence-corrected chi connectivity index (χ0v) is 14.5. The fraction of sp³-hybridized carbons (Fsp3) is 0.722. The van der Waals surface area contributed by atoms with Crippen molar-refractivity contribution in [1.82, 2.24) is 0 Å². The molecule has 1 aromatic rings. The Labute approximate surface area is 146 Å². The number of fused-ring (bicyclic) bond motifs is 1. The van der Waals surface area contributed by atoms with Gasteiger partial charge in [-0.15, -0.1) is 0 Å². The molecule has 6 unspecified atom stereocenters. The Morgan fingerprint density at radius 2 is 1.80 bits per heavy atom. The highest BCUT2D eigenvalue weighted by Gasteiger charge is 2.91. The van der Waals surface area contributed by atoms with Crippen LogP contribution in [0, 0.1) is 0 Å². The first-order valence-electron chi connectivity index (χ1n) is 9.03. The van der Waals surface area contributed by atoms with Crippen molar-refractivity contribution in [3.8, 4) is 0 Å². The predicted octanol–water partition coefficient (Wildman–Crippen LogP) is 0.00430. The van der Waals surface area contributed by atoms with E-state index in [2.05, 4.69) is 0 Å². The topological polar surface area (TPSA) is 144 Å². The Morgan fingerprint density at radius 3 is 2.48 bits per heavy atom. The van der Waals surface area contributed by atoms with Gasteiger partial charge in [0, 0.05) is 6.42 Å². The summed E-state index contributed by atoms with van der Waals surface area (Å²) in [6.07, 6.45) is 5.31. The summed E-state index contributed by atoms with van der Waals surface area (Å²) >= 11 is 0. The van der Waals surface area contributed by atoms with Gasteiger partial charge in [0.15, 0.2) is 5.78 Å². The third-order valence-corrected chi connectivity index (χ3v) is 8.12. The zero-order chi connectivity index (χ0) is 17.9. The molecule has 25 heavy (non-hydrogen) atoms. The van der Waals surface area contributed by atoms with Crippen molar-refractivity contribution in [2.75, 3.05) is 0 Å². The van der Waals surface area contributed by atoms with Crippen molar-refractivity contribution in [1.29, 1.82) is 0 Å². The highest BCUT2D eigenvalue weighted by atomic mass is 16.5. The summed E-state index contributed by atoms with van der Waals surface area (Å²) in [4.78, 5) is 13.3. The van der Waals surface area contributed by atoms with Gasteiger partial charge >= 0.3 is 0 Å². The van der Waals surface area contributed by atoms with E-state index >= 15 is 0 Å². The highest BCUT2D eigenvalue weighted by molar-refractivity contribution is 5.97. The van der Waals surface area contributed by atoms with Crippen molar-refractivity contribution in [2.24, 2.45) is 22.9 Å². The molecule has 2 aliphatic heterocycles. The summed E-state index contributed by atoms with van der Waals surface area (Å²) in [6, 6.07) is 3.57. The Kier molecular flexibility index (Phi) is 2.57. The summed E-state index contributed by atoms with van der Waals surface area (Å²) in [5.74, 6) is 0.440. The van der Waals surface area contributed by atoms with E-state index in [1.165, 1.54) is 0 Å². The van der Waals surface area contributed by atoms with E-state index in [0.717, 1.165) is 12.8 Å². The smallest absolute Gasteiger partial charge is 0.160 e. The van der Waals surface area contributed by atoms with E-state index in [4.69, 9.17) is 32.1 Å². The molecule has 3 saturated carbocycles. The van der Waals surface area contributed by atoms with E-state index in [-0.39, 0.29) is 18.6 Å². The summed E-state index contributed by atoms with van der Waals surface area (Å²) in [5.41, 5.74) is 21.1. The van der Waals surface area contributed by atoms with E-state index in [1.807, 2.05) is 6.92 Å². The standard InChI is InChI=1S/C18H26N4O3/c1-13-15(19,12-5-4-8-24-12)10-17(21)16(20)7-3-2-6-14(16,25-13)9-11(23)18(13,17)22/h4-5,8H,2-3,6-7,9-10,19-22H2,1H3. The second kappa shape index (κ2) is 4.02. The molecule has 2 saturated heterocycles. The molecule has 1 spiro atoms. The molecule has 4 bridgehead atoms. The molecular weight excluding hydrogens is 320 g/mol. The van der Waals surface area contributed by atoms with Gasteiger partial charge in [-0.1, -0.05) is 12.8 Å². The normalized spacial score (nSPS) is 56.9. The summed E-state index contributed by atoms with van der Waals surface area (Å²) < 4.78 is 12.3. The molecular formula is C18H26N4O3. The fourth-order valence-corrected chi connectivity index (χ4v) is 6.68. The van der Waals surface area contributed by atoms with Crippen LogP contribution in [-0.4, -0.2) is 33.6 Å². The first kappa shape index (κ1) is 16.0. The predicted molar refractivity (Wildman–Crippen MR) is 90.3 cm³/mol. The van der Waals surface area contributed by atoms with Gasteiger partial charge in [-0.25, -0.2) is 0 Å². The summed E-state index contributed by atoms with van der Waals surface area (Å²) in [5, 5.41) is 0. The Morgan fingerprint density at radius 1 is 1.08 bits per heavy atom. The van der Waals surface area contributed by atoms with Crippen molar-refractivity contribution in [3.63, 3.8) is 0 Å². The fourth-order valence-electron chi connectivity index (χ4n) is 6.68. The molecule has 0 amide bonds. The molecule has 0 aromatic carbocycles. The van der Waals surface area contributed by atoms with Crippen LogP contribution >= 0.6 is 0 Å². The van der Waals surface area contributed by atoms with Gasteiger partial charge in [-0.05, 0) is 38.3 Å². The maximum absolute atomic E-state index is 13.3. The number of carbonyl (C=O) groups is 1. The molecule has 0 radical (unpaired) electrons. The number of nitrogens with two attached hydrogens (primary N) is 4. The number of ketones is 1. The van der Waals surface area contributed by atoms with Gasteiger partial charge in [0.1, 0.15) is 22.4 Å². The molecule has 3 aliphatic carbocycles. The van der Waals surface area contributed by atoms with Crippen LogP contribution < -0.4 is 22.9 Å². The van der Waals surface area contributed by atoms with Crippen LogP contribution in [0.4, 0.5) is 0 Å². The molecule has 7 nitrogen and oxygen atoms in total. The lowest BCUT2D eigenvalue weighted by atomic mass is 9.45. The van der Waals surface area contributed by atoms with Crippen LogP contribution in [0.25, 0.3) is 0 Å². The number of hydrogen-bond acceptors (Lipinski definition) is 7. The Balaban J connectivity index is 1.84. The van der Waals surface area contributed by atoms with E-state index in [1.54, 1.807) is 18.4 Å². The first-order chi connectivity index (χ1) is 11.6. The van der Waals surface area contributed by atoms with E-state index in [0.29, 0.717) is 18.6 Å². The Bertz CT molecular complexity index is 783. The molecule has 3 heterocycles. The number of Topliss-reactive ketones (excluding diaryl/α,β-unsaturated/α-hetero) is 1. The lowest BCUT2D eigenvalue weighted by Gasteiger charge is -2.72. The van der Waals surface area contributed by atoms with Gasteiger partial charge in [0.05, 0.1) is 22.9 Å². The van der Waals surface area contributed by atoms with Gasteiger partial charge in [0.2, 0.25) is 0 Å². The van der Waals surface area contributed by atoms with Crippen LogP contribution in [0.2, 0.25) is 0 Å². The molecule has 136 valence electrons. The molecule has 6 rings (SSSR count). The molecule has 5 aliphatic rings. The maximum Gasteiger partial charge on any atom is 0.160 e. The van der Waals surface area contributed by atoms with Gasteiger partial charge < -0.3 is 32.1 Å². The second-order valence-corrected chi connectivity index (χ2v) is 8.81. The average molecular weight is 346 g/mol. The van der Waals surface area contributed by atoms with Gasteiger partial charge in [-0.2, -0.15) is 0 Å². The second-order valence-electron chi connectivity index (χ2n) is 8.81. The number of furan rings is 1. The lowest BCUT2D eigenvalue weighted by molar-refractivity contribution is -0.293. The molecule has 7 heteroatoms. The molecule has 1 aromatic heterocycles. The summed E-state index contributed by atoms with van der Waals surface area (Å²) in [7, 11) is 0. The largest absolute Gasteiger partial charge is 0.467 e. The average Bonchev–Trinajstić information content (AvgIpc) is 3.11. The minimum Gasteiger partial charge on any atom is -0.467 e. The van der Waals surface area contributed by atoms with E-state index in [9.17, 15) is 4.79 Å². The third-order valence-electron chi connectivity index (χ3n) is 8.12. The maximum atomic E-state index is 13.3. The number of rotatable bonds is 1. The van der Waals surface area contributed by atoms with Gasteiger partial charge in [-0.3, -0.25) is 4.79 Å². The number of hydrogen-bond donors (Lipinski definition) is 4. The molecule has 8 N–H and O–H groups in total. The first-order valence-corrected chi connectivity index (χ1v) is 9.03. The van der Waals surface area contributed by atoms with Crippen molar-refractivity contribution in [2.45, 2.75) is 78.8 Å². The Hall–Kier alpha value is -1.25. The minimum atomic E-state index is -1.45. The van der Waals surface area contributed by atoms with Crippen molar-refractivity contribution >= 4 is 5.78 Å². The molecule has 6 atom stereocenters. The third kappa shape index (κ3) is 1.24. The van der Waals surface area contributed by atoms with Crippen LogP contribution in [0.1, 0.15) is 51.2 Å². The van der Waals surface area contributed by atoms with Crippen molar-refractivity contribution in [3.05, 3.63) is 24.2 Å². The minimum absolute atomic E-state index is 0.0920. The van der Waals surface area contributed by atoms with Crippen LogP contribution in [-0.2, 0) is 15.1 Å². The monoisotopic (exact) mass is 346 g/mol. The lowest BCUT2D eigenvalue weighted by Crippen LogP contribution is -2.97. The van der Waals surface area contributed by atoms with Gasteiger partial charge in [0.25, 0.3) is 0 Å². The molecule has 5 fully saturated rings. The number of carbonyl (C=O) groups excluding carboxylic acids is 1. The van der Waals surface area contributed by atoms with Crippen LogP contribution in [0.5, 0.6) is 0 Å². The summed E-state index contributed by atoms with van der Waals surface area (Å²) in [6.45, 7) is 1.82. The van der Waals surface area contributed by atoms with Crippen LogP contribution in [0.15, 0.2) is 22.8 Å². The zero-order valence-electron chi connectivity index (χ0n) is 14.5. The van der Waals surface area contributed by atoms with E-state index < -0.39 is 33.4 Å². The van der Waals surface area contributed by atoms with Crippen LogP contribution in [0.3, 0.4) is 0 Å². The highest BCUT2D eigenvalue weighted by Crippen LogP contribution is 2.71. The quantitative estimate of drug-likeness (QED) is 0.560.